The third-order valence-corrected chi connectivity index (χ3v) is 1.63. The number of rotatable bonds is 1. The van der Waals surface area contributed by atoms with E-state index in [9.17, 15) is 9.18 Å². The van der Waals surface area contributed by atoms with Crippen LogP contribution in [0.15, 0.2) is 17.0 Å². The number of carbonyl (C=O) groups is 1. The lowest BCUT2D eigenvalue weighted by Crippen LogP contribution is -1.97. The van der Waals surface area contributed by atoms with Crippen molar-refractivity contribution < 1.29 is 19.4 Å². The quantitative estimate of drug-likeness (QED) is 0.585. The predicted molar refractivity (Wildman–Crippen MR) is 42.3 cm³/mol. The number of aromatic carboxylic acids is 1. The van der Waals surface area contributed by atoms with Gasteiger partial charge in [0.2, 0.25) is 0 Å². The molecule has 0 bridgehead atoms. The number of phenols is 1. The maximum atomic E-state index is 12.6. The summed E-state index contributed by atoms with van der Waals surface area (Å²) in [5.74, 6) is -2.88. The molecule has 0 saturated heterocycles. The molecule has 0 aromatic heterocycles. The smallest absolute Gasteiger partial charge is 0.335 e. The lowest BCUT2D eigenvalue weighted by molar-refractivity contribution is 0.0696. The summed E-state index contributed by atoms with van der Waals surface area (Å²) >= 11 is 3.68. The average molecular weight is 188 g/mol. The van der Waals surface area contributed by atoms with Gasteiger partial charge in [-0.3, -0.25) is 0 Å². The van der Waals surface area contributed by atoms with Crippen molar-refractivity contribution in [2.24, 2.45) is 0 Å². The van der Waals surface area contributed by atoms with Crippen molar-refractivity contribution in [3.8, 4) is 5.75 Å². The van der Waals surface area contributed by atoms with E-state index >= 15 is 0 Å². The lowest BCUT2D eigenvalue weighted by atomic mass is 10.2. The van der Waals surface area contributed by atoms with Crippen molar-refractivity contribution in [3.05, 3.63) is 23.5 Å². The number of carboxylic acids is 1. The molecule has 3 nitrogen and oxygen atoms in total. The summed E-state index contributed by atoms with van der Waals surface area (Å²) in [5, 5.41) is 17.3. The molecule has 0 heterocycles. The third-order valence-electron chi connectivity index (χ3n) is 1.29. The zero-order valence-corrected chi connectivity index (χ0v) is 6.68. The van der Waals surface area contributed by atoms with Crippen molar-refractivity contribution in [2.75, 3.05) is 0 Å². The Kier molecular flexibility index (Phi) is 2.23. The first-order valence-corrected chi connectivity index (χ1v) is 3.42. The van der Waals surface area contributed by atoms with Crippen molar-refractivity contribution in [2.45, 2.75) is 4.90 Å². The van der Waals surface area contributed by atoms with E-state index in [1.165, 1.54) is 0 Å². The van der Waals surface area contributed by atoms with Gasteiger partial charge < -0.3 is 10.2 Å². The van der Waals surface area contributed by atoms with Gasteiger partial charge in [-0.1, -0.05) is 0 Å². The Hall–Kier alpha value is -1.23. The molecule has 1 aromatic carbocycles. The molecule has 2 N–H and O–H groups in total. The maximum absolute atomic E-state index is 12.6. The van der Waals surface area contributed by atoms with Gasteiger partial charge in [0.15, 0.2) is 11.6 Å². The fourth-order valence-electron chi connectivity index (χ4n) is 0.708. The highest BCUT2D eigenvalue weighted by atomic mass is 32.1. The second-order valence-corrected chi connectivity index (χ2v) is 2.61. The summed E-state index contributed by atoms with van der Waals surface area (Å²) in [5.41, 5.74) is -0.240. The van der Waals surface area contributed by atoms with Crippen LogP contribution in [0.3, 0.4) is 0 Å². The first-order chi connectivity index (χ1) is 5.52. The van der Waals surface area contributed by atoms with Gasteiger partial charge in [-0.25, -0.2) is 9.18 Å². The number of thiol groups is 1. The number of hydrogen-bond acceptors (Lipinski definition) is 3. The molecule has 64 valence electrons. The SMILES string of the molecule is O=C(O)c1cc(F)c(O)c(S)c1. The molecule has 12 heavy (non-hydrogen) atoms. The molecule has 0 atom stereocenters. The number of carboxylic acid groups (broad SMARTS) is 1. The Balaban J connectivity index is 3.31. The monoisotopic (exact) mass is 188 g/mol. The van der Waals surface area contributed by atoms with Crippen LogP contribution >= 0.6 is 12.6 Å². The first kappa shape index (κ1) is 8.86. The van der Waals surface area contributed by atoms with Gasteiger partial charge >= 0.3 is 5.97 Å². The topological polar surface area (TPSA) is 57.5 Å². The lowest BCUT2D eigenvalue weighted by Gasteiger charge is -2.00. The summed E-state index contributed by atoms with van der Waals surface area (Å²) < 4.78 is 12.6. The van der Waals surface area contributed by atoms with E-state index in [0.29, 0.717) is 0 Å². The number of phenolic OH excluding ortho intramolecular Hbond substituents is 1. The molecule has 0 radical (unpaired) electrons. The number of hydrogen-bond donors (Lipinski definition) is 3. The van der Waals surface area contributed by atoms with Crippen LogP contribution in [-0.2, 0) is 0 Å². The highest BCUT2D eigenvalue weighted by molar-refractivity contribution is 7.80. The van der Waals surface area contributed by atoms with E-state index in [0.717, 1.165) is 12.1 Å². The number of aromatic hydroxyl groups is 1. The van der Waals surface area contributed by atoms with E-state index in [1.807, 2.05) is 0 Å². The van der Waals surface area contributed by atoms with Crippen LogP contribution < -0.4 is 0 Å². The summed E-state index contributed by atoms with van der Waals surface area (Å²) in [6, 6.07) is 1.81. The van der Waals surface area contributed by atoms with Crippen LogP contribution in [0.2, 0.25) is 0 Å². The van der Waals surface area contributed by atoms with Gasteiger partial charge in [0, 0.05) is 4.90 Å². The van der Waals surface area contributed by atoms with Gasteiger partial charge in [-0.05, 0) is 12.1 Å². The molecule has 0 aliphatic carbocycles. The molecule has 1 rings (SSSR count). The van der Waals surface area contributed by atoms with Crippen LogP contribution in [0.25, 0.3) is 0 Å². The van der Waals surface area contributed by atoms with Crippen LogP contribution in [0.5, 0.6) is 5.75 Å². The first-order valence-electron chi connectivity index (χ1n) is 2.97. The summed E-state index contributed by atoms with van der Waals surface area (Å²) in [6.07, 6.45) is 0. The summed E-state index contributed by atoms with van der Waals surface area (Å²) in [7, 11) is 0. The van der Waals surface area contributed by atoms with Crippen molar-refractivity contribution in [1.29, 1.82) is 0 Å². The van der Waals surface area contributed by atoms with Crippen LogP contribution in [0, 0.1) is 5.82 Å². The van der Waals surface area contributed by atoms with E-state index < -0.39 is 17.5 Å². The maximum Gasteiger partial charge on any atom is 0.335 e. The minimum Gasteiger partial charge on any atom is -0.504 e. The zero-order valence-electron chi connectivity index (χ0n) is 5.78. The van der Waals surface area contributed by atoms with Crippen molar-refractivity contribution in [3.63, 3.8) is 0 Å². The number of benzene rings is 1. The normalized spacial score (nSPS) is 9.83. The predicted octanol–water partition coefficient (Wildman–Crippen LogP) is 1.52. The van der Waals surface area contributed by atoms with E-state index in [4.69, 9.17) is 10.2 Å². The Morgan fingerprint density at radius 1 is 1.50 bits per heavy atom. The molecule has 0 aliphatic rings. The minimum absolute atomic E-state index is 0.0904. The van der Waals surface area contributed by atoms with E-state index in [-0.39, 0.29) is 10.5 Å². The molecule has 0 spiro atoms. The molecule has 1 aromatic rings. The second kappa shape index (κ2) is 3.02. The molecular formula is C7H5FO3S. The minimum atomic E-state index is -1.26. The summed E-state index contributed by atoms with van der Waals surface area (Å²) in [4.78, 5) is 10.2. The molecule has 0 fully saturated rings. The van der Waals surface area contributed by atoms with Crippen LogP contribution in [-0.4, -0.2) is 16.2 Å². The Morgan fingerprint density at radius 3 is 2.50 bits per heavy atom. The van der Waals surface area contributed by atoms with Gasteiger partial charge in [0.25, 0.3) is 0 Å². The van der Waals surface area contributed by atoms with Crippen molar-refractivity contribution >= 4 is 18.6 Å². The molecular weight excluding hydrogens is 183 g/mol. The van der Waals surface area contributed by atoms with Crippen molar-refractivity contribution in [1.82, 2.24) is 0 Å². The average Bonchev–Trinajstić information content (AvgIpc) is 1.99. The fourth-order valence-corrected chi connectivity index (χ4v) is 0.954. The highest BCUT2D eigenvalue weighted by Crippen LogP contribution is 2.25. The molecule has 5 heteroatoms. The molecule has 0 unspecified atom stereocenters. The van der Waals surface area contributed by atoms with Crippen LogP contribution in [0.4, 0.5) is 4.39 Å². The van der Waals surface area contributed by atoms with Gasteiger partial charge in [0.1, 0.15) is 0 Å². The fraction of sp³-hybridized carbons (Fsp3) is 0. The Bertz CT molecular complexity index is 314. The van der Waals surface area contributed by atoms with E-state index in [2.05, 4.69) is 12.6 Å². The van der Waals surface area contributed by atoms with Gasteiger partial charge in [0.05, 0.1) is 5.56 Å². The van der Waals surface area contributed by atoms with Gasteiger partial charge in [-0.2, -0.15) is 0 Å². The largest absolute Gasteiger partial charge is 0.504 e. The Morgan fingerprint density at radius 2 is 2.08 bits per heavy atom. The van der Waals surface area contributed by atoms with Gasteiger partial charge in [-0.15, -0.1) is 12.6 Å². The second-order valence-electron chi connectivity index (χ2n) is 2.13. The van der Waals surface area contributed by atoms with Crippen LogP contribution in [0.1, 0.15) is 10.4 Å². The summed E-state index contributed by atoms with van der Waals surface area (Å²) in [6.45, 7) is 0. The number of halogens is 1. The molecule has 0 saturated carbocycles. The highest BCUT2D eigenvalue weighted by Gasteiger charge is 2.10. The standard InChI is InChI=1S/C7H5FO3S/c8-4-1-3(7(10)11)2-5(12)6(4)9/h1-2,9,12H,(H,10,11). The zero-order chi connectivity index (χ0) is 9.30. The van der Waals surface area contributed by atoms with E-state index in [1.54, 1.807) is 0 Å². The Labute approximate surface area is 72.9 Å². The molecule has 0 aliphatic heterocycles. The third kappa shape index (κ3) is 1.50. The molecule has 0 amide bonds.